The molecule has 32 heavy (non-hydrogen) atoms. The van der Waals surface area contributed by atoms with Crippen LogP contribution in [0, 0.1) is 0 Å². The zero-order valence-corrected chi connectivity index (χ0v) is 17.6. The third kappa shape index (κ3) is 12.4. The van der Waals surface area contributed by atoms with Gasteiger partial charge in [-0.3, -0.25) is 33.7 Å². The highest BCUT2D eigenvalue weighted by Crippen LogP contribution is 2.03. The number of imide groups is 1. The van der Waals surface area contributed by atoms with Crippen LogP contribution in [0.15, 0.2) is 12.2 Å². The Morgan fingerprint density at radius 2 is 1.22 bits per heavy atom. The maximum Gasteiger partial charge on any atom is 0.322 e. The molecule has 0 radical (unpaired) electrons. The van der Waals surface area contributed by atoms with Crippen LogP contribution in [0.5, 0.6) is 0 Å². The van der Waals surface area contributed by atoms with Gasteiger partial charge < -0.3 is 30.5 Å². The smallest absolute Gasteiger partial charge is 0.322 e. The summed E-state index contributed by atoms with van der Waals surface area (Å²) in [5.41, 5.74) is 0. The lowest BCUT2D eigenvalue weighted by molar-refractivity contribution is -0.138. The van der Waals surface area contributed by atoms with E-state index < -0.39 is 30.2 Å². The van der Waals surface area contributed by atoms with Crippen molar-refractivity contribution in [2.45, 2.75) is 19.3 Å². The highest BCUT2D eigenvalue weighted by molar-refractivity contribution is 6.13. The molecule has 0 aliphatic carbocycles. The van der Waals surface area contributed by atoms with E-state index >= 15 is 0 Å². The first-order valence-corrected chi connectivity index (χ1v) is 10.0. The molecule has 1 aliphatic heterocycles. The van der Waals surface area contributed by atoms with Crippen LogP contribution in [-0.2, 0) is 38.2 Å². The van der Waals surface area contributed by atoms with Crippen molar-refractivity contribution in [1.82, 2.24) is 20.9 Å². The Morgan fingerprint density at radius 1 is 0.750 bits per heavy atom. The third-order valence-corrected chi connectivity index (χ3v) is 3.98. The molecule has 0 aromatic heterocycles. The number of aliphatic carboxylic acids is 1. The molecular weight excluding hydrogens is 428 g/mol. The standard InChI is InChI=1S/C19H28N4O9/c24-14(3-8-23-17(27)1-2-18(23)28)20-6-11-31-9-4-15(25)21-7-12-32-10-5-16(26)22-13-19(29)30/h1-2H,3-13H2,(H,20,24)(H,21,25)(H,22,26)(H,29,30). The molecule has 0 saturated carbocycles. The fourth-order valence-corrected chi connectivity index (χ4v) is 2.36. The summed E-state index contributed by atoms with van der Waals surface area (Å²) in [7, 11) is 0. The second-order valence-corrected chi connectivity index (χ2v) is 6.51. The van der Waals surface area contributed by atoms with Crippen molar-refractivity contribution in [3.05, 3.63) is 12.2 Å². The van der Waals surface area contributed by atoms with Crippen molar-refractivity contribution in [2.75, 3.05) is 52.6 Å². The van der Waals surface area contributed by atoms with Crippen LogP contribution in [0.4, 0.5) is 0 Å². The molecule has 0 spiro atoms. The van der Waals surface area contributed by atoms with Crippen molar-refractivity contribution >= 4 is 35.5 Å². The van der Waals surface area contributed by atoms with Crippen molar-refractivity contribution < 1.29 is 43.3 Å². The van der Waals surface area contributed by atoms with E-state index in [-0.39, 0.29) is 77.1 Å². The summed E-state index contributed by atoms with van der Waals surface area (Å²) >= 11 is 0. The largest absolute Gasteiger partial charge is 0.480 e. The molecule has 1 heterocycles. The average Bonchev–Trinajstić information content (AvgIpc) is 3.07. The van der Waals surface area contributed by atoms with Gasteiger partial charge in [0.25, 0.3) is 11.8 Å². The van der Waals surface area contributed by atoms with Gasteiger partial charge in [-0.05, 0) is 0 Å². The summed E-state index contributed by atoms with van der Waals surface area (Å²) in [6.45, 7) is 0.734. The Bertz CT molecular complexity index is 706. The first-order valence-electron chi connectivity index (χ1n) is 10.0. The number of carbonyl (C=O) groups excluding carboxylic acids is 5. The Labute approximate surface area is 184 Å². The molecule has 13 heteroatoms. The maximum atomic E-state index is 11.7. The molecule has 4 N–H and O–H groups in total. The summed E-state index contributed by atoms with van der Waals surface area (Å²) in [5.74, 6) is -2.99. The van der Waals surface area contributed by atoms with Crippen molar-refractivity contribution in [1.29, 1.82) is 0 Å². The third-order valence-electron chi connectivity index (χ3n) is 3.98. The van der Waals surface area contributed by atoms with Gasteiger partial charge in [-0.1, -0.05) is 0 Å². The number of carbonyl (C=O) groups is 6. The van der Waals surface area contributed by atoms with E-state index in [2.05, 4.69) is 16.0 Å². The summed E-state index contributed by atoms with van der Waals surface area (Å²) < 4.78 is 10.4. The number of amides is 5. The summed E-state index contributed by atoms with van der Waals surface area (Å²) in [4.78, 5) is 68.6. The normalized spacial score (nSPS) is 12.7. The van der Waals surface area contributed by atoms with Crippen LogP contribution < -0.4 is 16.0 Å². The van der Waals surface area contributed by atoms with Crippen LogP contribution in [0.2, 0.25) is 0 Å². The van der Waals surface area contributed by atoms with Crippen LogP contribution in [-0.4, -0.2) is 98.1 Å². The van der Waals surface area contributed by atoms with Gasteiger partial charge in [0.15, 0.2) is 0 Å². The number of nitrogens with zero attached hydrogens (tertiary/aromatic N) is 1. The number of carboxylic acids is 1. The van der Waals surface area contributed by atoms with Gasteiger partial charge in [-0.25, -0.2) is 0 Å². The number of ether oxygens (including phenoxy) is 2. The lowest BCUT2D eigenvalue weighted by Gasteiger charge is -2.13. The molecule has 0 bridgehead atoms. The number of rotatable bonds is 17. The monoisotopic (exact) mass is 456 g/mol. The van der Waals surface area contributed by atoms with E-state index in [0.29, 0.717) is 0 Å². The fraction of sp³-hybridized carbons (Fsp3) is 0.579. The number of hydrogen-bond acceptors (Lipinski definition) is 8. The van der Waals surface area contributed by atoms with Crippen LogP contribution >= 0.6 is 0 Å². The number of nitrogens with one attached hydrogen (secondary N) is 3. The molecule has 13 nitrogen and oxygen atoms in total. The zero-order chi connectivity index (χ0) is 23.8. The lowest BCUT2D eigenvalue weighted by atomic mass is 10.3. The van der Waals surface area contributed by atoms with E-state index in [0.717, 1.165) is 17.1 Å². The fourth-order valence-electron chi connectivity index (χ4n) is 2.36. The van der Waals surface area contributed by atoms with E-state index in [1.807, 2.05) is 0 Å². The minimum absolute atomic E-state index is 0.00333. The van der Waals surface area contributed by atoms with E-state index in [1.54, 1.807) is 0 Å². The SMILES string of the molecule is O=C(O)CNC(=O)CCOCCNC(=O)CCOCCNC(=O)CCN1C(=O)C=CC1=O. The highest BCUT2D eigenvalue weighted by atomic mass is 16.5. The summed E-state index contributed by atoms with van der Waals surface area (Å²) in [6, 6.07) is 0. The Kier molecular flexibility index (Phi) is 12.9. The van der Waals surface area contributed by atoms with Crippen LogP contribution in [0.1, 0.15) is 19.3 Å². The van der Waals surface area contributed by atoms with Crippen molar-refractivity contribution in [2.24, 2.45) is 0 Å². The average molecular weight is 456 g/mol. The van der Waals surface area contributed by atoms with Gasteiger partial charge in [0.05, 0.1) is 26.4 Å². The molecule has 0 unspecified atom stereocenters. The van der Waals surface area contributed by atoms with Gasteiger partial charge in [0.2, 0.25) is 17.7 Å². The topological polar surface area (TPSA) is 180 Å². The van der Waals surface area contributed by atoms with Crippen LogP contribution in [0.25, 0.3) is 0 Å². The van der Waals surface area contributed by atoms with Gasteiger partial charge in [0.1, 0.15) is 6.54 Å². The maximum absolute atomic E-state index is 11.7. The van der Waals surface area contributed by atoms with Gasteiger partial charge >= 0.3 is 5.97 Å². The Morgan fingerprint density at radius 3 is 1.72 bits per heavy atom. The van der Waals surface area contributed by atoms with E-state index in [9.17, 15) is 28.8 Å². The lowest BCUT2D eigenvalue weighted by Crippen LogP contribution is -2.35. The van der Waals surface area contributed by atoms with E-state index in [1.165, 1.54) is 0 Å². The molecule has 0 saturated heterocycles. The predicted octanol–water partition coefficient (Wildman–Crippen LogP) is -2.45. The van der Waals surface area contributed by atoms with Crippen LogP contribution in [0.3, 0.4) is 0 Å². The molecule has 1 aliphatic rings. The van der Waals surface area contributed by atoms with Crippen molar-refractivity contribution in [3.8, 4) is 0 Å². The second-order valence-electron chi connectivity index (χ2n) is 6.51. The Balaban J connectivity index is 1.90. The quantitative estimate of drug-likeness (QED) is 0.136. The Hall–Kier alpha value is -3.32. The summed E-state index contributed by atoms with van der Waals surface area (Å²) in [6.07, 6.45) is 2.46. The predicted molar refractivity (Wildman–Crippen MR) is 108 cm³/mol. The molecule has 0 fully saturated rings. The number of hydrogen-bond donors (Lipinski definition) is 4. The zero-order valence-electron chi connectivity index (χ0n) is 17.6. The molecule has 0 atom stereocenters. The molecule has 178 valence electrons. The highest BCUT2D eigenvalue weighted by Gasteiger charge is 2.23. The molecule has 0 aromatic rings. The van der Waals surface area contributed by atoms with E-state index in [4.69, 9.17) is 14.6 Å². The molecule has 1 rings (SSSR count). The van der Waals surface area contributed by atoms with Gasteiger partial charge in [-0.15, -0.1) is 0 Å². The second kappa shape index (κ2) is 15.5. The molecule has 0 aromatic carbocycles. The first kappa shape index (κ1) is 26.7. The summed E-state index contributed by atoms with van der Waals surface area (Å²) in [5, 5.41) is 15.8. The minimum Gasteiger partial charge on any atom is -0.480 e. The minimum atomic E-state index is -1.13. The van der Waals surface area contributed by atoms with Gasteiger partial charge in [-0.2, -0.15) is 0 Å². The van der Waals surface area contributed by atoms with Crippen molar-refractivity contribution in [3.63, 3.8) is 0 Å². The van der Waals surface area contributed by atoms with Gasteiger partial charge in [0, 0.05) is 51.0 Å². The molecular formula is C19H28N4O9. The number of carboxylic acid groups (broad SMARTS) is 1. The first-order chi connectivity index (χ1) is 15.3. The molecule has 5 amide bonds.